The molecule has 0 unspecified atom stereocenters. The van der Waals surface area contributed by atoms with Gasteiger partial charge in [0.25, 0.3) is 0 Å². The lowest BCUT2D eigenvalue weighted by Gasteiger charge is -2.08. The van der Waals surface area contributed by atoms with Crippen LogP contribution in [0.15, 0.2) is 23.2 Å². The zero-order chi connectivity index (χ0) is 12.1. The summed E-state index contributed by atoms with van der Waals surface area (Å²) in [4.78, 5) is 4.21. The number of halogens is 2. The molecule has 0 spiro atoms. The molecule has 0 atom stereocenters. The van der Waals surface area contributed by atoms with E-state index in [9.17, 15) is 0 Å². The average molecular weight is 352 g/mol. The maximum Gasteiger partial charge on any atom is 0.193 e. The lowest BCUT2D eigenvalue weighted by atomic mass is 10.2. The molecule has 1 aromatic carbocycles. The maximum atomic E-state index is 6.06. The summed E-state index contributed by atoms with van der Waals surface area (Å²) < 4.78 is 1.09. The fraction of sp³-hybridized carbons (Fsp3) is 0.364. The van der Waals surface area contributed by atoms with Crippen molar-refractivity contribution < 1.29 is 0 Å². The Bertz CT molecular complexity index is 391. The van der Waals surface area contributed by atoms with Gasteiger partial charge in [-0.1, -0.05) is 25.4 Å². The number of anilines is 1. The second kappa shape index (κ2) is 6.30. The molecule has 0 aliphatic heterocycles. The second-order valence-electron chi connectivity index (χ2n) is 3.87. The fourth-order valence-corrected chi connectivity index (χ4v) is 1.95. The monoisotopic (exact) mass is 351 g/mol. The van der Waals surface area contributed by atoms with Gasteiger partial charge in [0.15, 0.2) is 5.96 Å². The summed E-state index contributed by atoms with van der Waals surface area (Å²) in [7, 11) is 0. The van der Waals surface area contributed by atoms with E-state index >= 15 is 0 Å². The number of guanidine groups is 1. The van der Waals surface area contributed by atoms with Crippen molar-refractivity contribution in [1.29, 1.82) is 0 Å². The van der Waals surface area contributed by atoms with Gasteiger partial charge < -0.3 is 11.1 Å². The number of nitrogens with one attached hydrogen (secondary N) is 1. The molecule has 0 saturated heterocycles. The van der Waals surface area contributed by atoms with Crippen molar-refractivity contribution in [3.63, 3.8) is 0 Å². The van der Waals surface area contributed by atoms with Gasteiger partial charge in [0.2, 0.25) is 0 Å². The van der Waals surface area contributed by atoms with Gasteiger partial charge in [0.05, 0.1) is 10.7 Å². The Morgan fingerprint density at radius 1 is 1.56 bits per heavy atom. The Balaban J connectivity index is 2.69. The van der Waals surface area contributed by atoms with Crippen LogP contribution in [0, 0.1) is 9.49 Å². The first-order valence-corrected chi connectivity index (χ1v) is 6.46. The normalized spacial score (nSPS) is 11.9. The molecule has 0 saturated carbocycles. The SMILES string of the molecule is CC(C)CN=C(N)Nc1ccc(I)cc1Cl. The number of hydrogen-bond acceptors (Lipinski definition) is 1. The first-order chi connectivity index (χ1) is 7.49. The van der Waals surface area contributed by atoms with E-state index in [0.717, 1.165) is 9.26 Å². The summed E-state index contributed by atoms with van der Waals surface area (Å²) >= 11 is 8.27. The standard InChI is InChI=1S/C11H15ClIN3/c1-7(2)6-15-11(14)16-10-4-3-8(13)5-9(10)12/h3-5,7H,6H2,1-2H3,(H3,14,15,16). The highest BCUT2D eigenvalue weighted by Crippen LogP contribution is 2.23. The van der Waals surface area contributed by atoms with Crippen molar-refractivity contribution in [2.75, 3.05) is 11.9 Å². The fourth-order valence-electron chi connectivity index (χ4n) is 1.05. The highest BCUT2D eigenvalue weighted by molar-refractivity contribution is 14.1. The van der Waals surface area contributed by atoms with E-state index in [1.54, 1.807) is 0 Å². The summed E-state index contributed by atoms with van der Waals surface area (Å²) in [6, 6.07) is 5.73. The Kier molecular flexibility index (Phi) is 5.34. The molecule has 1 aromatic rings. The largest absolute Gasteiger partial charge is 0.370 e. The van der Waals surface area contributed by atoms with Gasteiger partial charge in [0.1, 0.15) is 0 Å². The van der Waals surface area contributed by atoms with Gasteiger partial charge in [-0.05, 0) is 46.7 Å². The van der Waals surface area contributed by atoms with Crippen molar-refractivity contribution >= 4 is 45.8 Å². The predicted molar refractivity (Wildman–Crippen MR) is 79.1 cm³/mol. The van der Waals surface area contributed by atoms with Crippen molar-refractivity contribution in [3.05, 3.63) is 26.8 Å². The van der Waals surface area contributed by atoms with Crippen LogP contribution in [0.3, 0.4) is 0 Å². The molecule has 0 aliphatic rings. The molecule has 0 bridgehead atoms. The Morgan fingerprint density at radius 3 is 2.81 bits per heavy atom. The minimum Gasteiger partial charge on any atom is -0.370 e. The van der Waals surface area contributed by atoms with E-state index in [1.807, 2.05) is 18.2 Å². The van der Waals surface area contributed by atoms with Gasteiger partial charge in [-0.2, -0.15) is 0 Å². The van der Waals surface area contributed by atoms with Crippen molar-refractivity contribution in [3.8, 4) is 0 Å². The summed E-state index contributed by atoms with van der Waals surface area (Å²) in [5.41, 5.74) is 6.52. The summed E-state index contributed by atoms with van der Waals surface area (Å²) in [6.07, 6.45) is 0. The van der Waals surface area contributed by atoms with Crippen LogP contribution in [0.5, 0.6) is 0 Å². The smallest absolute Gasteiger partial charge is 0.193 e. The maximum absolute atomic E-state index is 6.06. The first kappa shape index (κ1) is 13.6. The Labute approximate surface area is 115 Å². The van der Waals surface area contributed by atoms with E-state index in [0.29, 0.717) is 23.4 Å². The van der Waals surface area contributed by atoms with Gasteiger partial charge in [0, 0.05) is 10.1 Å². The summed E-state index contributed by atoms with van der Waals surface area (Å²) in [5, 5.41) is 3.63. The molecule has 3 N–H and O–H groups in total. The van der Waals surface area contributed by atoms with E-state index < -0.39 is 0 Å². The van der Waals surface area contributed by atoms with Gasteiger partial charge in [-0.15, -0.1) is 0 Å². The number of nitrogens with zero attached hydrogens (tertiary/aromatic N) is 1. The number of rotatable bonds is 3. The second-order valence-corrected chi connectivity index (χ2v) is 5.52. The molecule has 1 rings (SSSR count). The highest BCUT2D eigenvalue weighted by Gasteiger charge is 2.02. The van der Waals surface area contributed by atoms with Crippen LogP contribution in [-0.2, 0) is 0 Å². The van der Waals surface area contributed by atoms with Gasteiger partial charge in [-0.3, -0.25) is 4.99 Å². The van der Waals surface area contributed by atoms with E-state index in [4.69, 9.17) is 17.3 Å². The van der Waals surface area contributed by atoms with Crippen LogP contribution in [0.25, 0.3) is 0 Å². The Hall–Kier alpha value is -0.490. The first-order valence-electron chi connectivity index (χ1n) is 5.01. The van der Waals surface area contributed by atoms with Crippen molar-refractivity contribution in [2.24, 2.45) is 16.6 Å². The van der Waals surface area contributed by atoms with Crippen LogP contribution < -0.4 is 11.1 Å². The average Bonchev–Trinajstić information content (AvgIpc) is 2.19. The minimum absolute atomic E-state index is 0.400. The minimum atomic E-state index is 0.400. The molecule has 0 heterocycles. The van der Waals surface area contributed by atoms with Crippen LogP contribution in [0.2, 0.25) is 5.02 Å². The topological polar surface area (TPSA) is 50.4 Å². The molecule has 0 amide bonds. The number of aliphatic imine (C=N–C) groups is 1. The molecular formula is C11H15ClIN3. The number of nitrogens with two attached hydrogens (primary N) is 1. The van der Waals surface area contributed by atoms with E-state index in [-0.39, 0.29) is 0 Å². The quantitative estimate of drug-likeness (QED) is 0.498. The third-order valence-corrected chi connectivity index (χ3v) is 2.80. The van der Waals surface area contributed by atoms with Gasteiger partial charge >= 0.3 is 0 Å². The summed E-state index contributed by atoms with van der Waals surface area (Å²) in [6.45, 7) is 4.89. The number of hydrogen-bond donors (Lipinski definition) is 2. The van der Waals surface area contributed by atoms with E-state index in [2.05, 4.69) is 46.7 Å². The molecule has 0 radical (unpaired) electrons. The molecule has 16 heavy (non-hydrogen) atoms. The zero-order valence-electron chi connectivity index (χ0n) is 9.30. The predicted octanol–water partition coefficient (Wildman–Crippen LogP) is 3.33. The van der Waals surface area contributed by atoms with Crippen LogP contribution >= 0.6 is 34.2 Å². The van der Waals surface area contributed by atoms with Crippen LogP contribution in [0.4, 0.5) is 5.69 Å². The van der Waals surface area contributed by atoms with Gasteiger partial charge in [-0.25, -0.2) is 0 Å². The van der Waals surface area contributed by atoms with Crippen LogP contribution in [0.1, 0.15) is 13.8 Å². The molecule has 0 aliphatic carbocycles. The summed E-state index contributed by atoms with van der Waals surface area (Å²) in [5.74, 6) is 0.893. The van der Waals surface area contributed by atoms with Crippen molar-refractivity contribution in [2.45, 2.75) is 13.8 Å². The molecular weight excluding hydrogens is 336 g/mol. The van der Waals surface area contributed by atoms with Crippen molar-refractivity contribution in [1.82, 2.24) is 0 Å². The van der Waals surface area contributed by atoms with Crippen LogP contribution in [-0.4, -0.2) is 12.5 Å². The molecule has 0 aromatic heterocycles. The molecule has 0 fully saturated rings. The van der Waals surface area contributed by atoms with E-state index in [1.165, 1.54) is 0 Å². The third-order valence-electron chi connectivity index (χ3n) is 1.82. The Morgan fingerprint density at radius 2 is 2.25 bits per heavy atom. The molecule has 88 valence electrons. The molecule has 3 nitrogen and oxygen atoms in total. The zero-order valence-corrected chi connectivity index (χ0v) is 12.2. The molecule has 5 heteroatoms. The number of benzene rings is 1. The lowest BCUT2D eigenvalue weighted by molar-refractivity contribution is 0.665. The highest BCUT2D eigenvalue weighted by atomic mass is 127. The lowest BCUT2D eigenvalue weighted by Crippen LogP contribution is -2.23. The third kappa shape index (κ3) is 4.57.